The molecule has 0 spiro atoms. The van der Waals surface area contributed by atoms with Crippen LogP contribution in [0.1, 0.15) is 27.2 Å². The van der Waals surface area contributed by atoms with Crippen LogP contribution in [0.25, 0.3) is 5.65 Å². The maximum absolute atomic E-state index is 13.0. The van der Waals surface area contributed by atoms with Gasteiger partial charge in [-0.2, -0.15) is 13.2 Å². The van der Waals surface area contributed by atoms with Gasteiger partial charge in [-0.05, 0) is 36.8 Å². The standard InChI is InChI=1S/C19H15F3N2O3/c1-12-6-8-24-16(10-12)23-13(11-17(24)25)7-9-27-18(26)14-4-2-3-5-15(14)19(20,21)22/h2-6,8,10-11H,7,9H2,1H3. The number of alkyl halides is 3. The molecule has 0 saturated carbocycles. The van der Waals surface area contributed by atoms with E-state index in [1.807, 2.05) is 6.92 Å². The van der Waals surface area contributed by atoms with Crippen LogP contribution in [0.2, 0.25) is 0 Å². The Morgan fingerprint density at radius 2 is 1.93 bits per heavy atom. The molecule has 1 aromatic carbocycles. The first kappa shape index (κ1) is 18.6. The molecule has 0 unspecified atom stereocenters. The van der Waals surface area contributed by atoms with Gasteiger partial charge in [0.25, 0.3) is 5.56 Å². The number of fused-ring (bicyclic) bond motifs is 1. The topological polar surface area (TPSA) is 60.7 Å². The molecule has 0 saturated heterocycles. The van der Waals surface area contributed by atoms with Crippen LogP contribution in [-0.4, -0.2) is 22.0 Å². The van der Waals surface area contributed by atoms with E-state index in [9.17, 15) is 22.8 Å². The molecule has 8 heteroatoms. The van der Waals surface area contributed by atoms with Crippen molar-refractivity contribution in [3.63, 3.8) is 0 Å². The first-order chi connectivity index (χ1) is 12.8. The normalized spacial score (nSPS) is 11.6. The number of aromatic nitrogens is 2. The van der Waals surface area contributed by atoms with E-state index in [0.717, 1.165) is 17.7 Å². The number of hydrogen-bond acceptors (Lipinski definition) is 4. The van der Waals surface area contributed by atoms with Gasteiger partial charge < -0.3 is 4.74 Å². The third kappa shape index (κ3) is 4.16. The summed E-state index contributed by atoms with van der Waals surface area (Å²) >= 11 is 0. The lowest BCUT2D eigenvalue weighted by Gasteiger charge is -2.12. The zero-order chi connectivity index (χ0) is 19.6. The second kappa shape index (κ2) is 7.22. The summed E-state index contributed by atoms with van der Waals surface area (Å²) in [5, 5.41) is 0. The van der Waals surface area contributed by atoms with Gasteiger partial charge in [0.2, 0.25) is 0 Å². The Hall–Kier alpha value is -3.16. The molecule has 3 rings (SSSR count). The maximum Gasteiger partial charge on any atom is 0.417 e. The van der Waals surface area contributed by atoms with Crippen molar-refractivity contribution in [1.82, 2.24) is 9.38 Å². The zero-order valence-electron chi connectivity index (χ0n) is 14.3. The monoisotopic (exact) mass is 376 g/mol. The number of aryl methyl sites for hydroxylation is 1. The number of rotatable bonds is 4. The molecular weight excluding hydrogens is 361 g/mol. The molecule has 0 fully saturated rings. The molecule has 3 aromatic rings. The summed E-state index contributed by atoms with van der Waals surface area (Å²) in [6.45, 7) is 1.66. The van der Waals surface area contributed by atoms with Gasteiger partial charge in [0, 0.05) is 18.7 Å². The second-order valence-corrected chi connectivity index (χ2v) is 5.95. The number of ether oxygens (including phenoxy) is 1. The SMILES string of the molecule is Cc1ccn2c(=O)cc(CCOC(=O)c3ccccc3C(F)(F)F)nc2c1. The zero-order valence-corrected chi connectivity index (χ0v) is 14.3. The lowest BCUT2D eigenvalue weighted by Crippen LogP contribution is -2.18. The van der Waals surface area contributed by atoms with Crippen molar-refractivity contribution in [3.05, 3.63) is 81.4 Å². The number of nitrogens with zero attached hydrogens (tertiary/aromatic N) is 2. The molecule has 2 heterocycles. The van der Waals surface area contributed by atoms with Gasteiger partial charge in [-0.3, -0.25) is 9.20 Å². The molecule has 140 valence electrons. The molecule has 0 radical (unpaired) electrons. The van der Waals surface area contributed by atoms with E-state index in [0.29, 0.717) is 11.3 Å². The number of pyridine rings is 1. The van der Waals surface area contributed by atoms with E-state index in [1.54, 1.807) is 18.3 Å². The highest BCUT2D eigenvalue weighted by atomic mass is 19.4. The second-order valence-electron chi connectivity index (χ2n) is 5.95. The summed E-state index contributed by atoms with van der Waals surface area (Å²) in [6.07, 6.45) is -2.93. The molecule has 2 aromatic heterocycles. The van der Waals surface area contributed by atoms with E-state index in [1.165, 1.54) is 22.6 Å². The third-order valence-corrected chi connectivity index (χ3v) is 3.92. The first-order valence-corrected chi connectivity index (χ1v) is 8.08. The molecule has 0 amide bonds. The van der Waals surface area contributed by atoms with Crippen LogP contribution in [0, 0.1) is 6.92 Å². The fourth-order valence-corrected chi connectivity index (χ4v) is 2.62. The minimum atomic E-state index is -4.65. The number of carbonyl (C=O) groups is 1. The molecule has 27 heavy (non-hydrogen) atoms. The van der Waals surface area contributed by atoms with Crippen LogP contribution in [0.3, 0.4) is 0 Å². The van der Waals surface area contributed by atoms with Gasteiger partial charge >= 0.3 is 12.1 Å². The molecular formula is C19H15F3N2O3. The summed E-state index contributed by atoms with van der Waals surface area (Å²) in [6, 6.07) is 9.24. The Balaban J connectivity index is 1.73. The fraction of sp³-hybridized carbons (Fsp3) is 0.211. The molecule has 0 atom stereocenters. The summed E-state index contributed by atoms with van der Waals surface area (Å²) in [4.78, 5) is 28.4. The Labute approximate surface area is 152 Å². The largest absolute Gasteiger partial charge is 0.462 e. The van der Waals surface area contributed by atoms with Crippen molar-refractivity contribution >= 4 is 11.6 Å². The van der Waals surface area contributed by atoms with Crippen LogP contribution in [0.4, 0.5) is 13.2 Å². The van der Waals surface area contributed by atoms with E-state index < -0.39 is 23.3 Å². The third-order valence-electron chi connectivity index (χ3n) is 3.92. The van der Waals surface area contributed by atoms with Crippen LogP contribution in [0.15, 0.2) is 53.5 Å². The highest BCUT2D eigenvalue weighted by Crippen LogP contribution is 2.32. The quantitative estimate of drug-likeness (QED) is 0.655. The highest BCUT2D eigenvalue weighted by Gasteiger charge is 2.35. The van der Waals surface area contributed by atoms with Gasteiger partial charge in [0.1, 0.15) is 5.65 Å². The maximum atomic E-state index is 13.0. The smallest absolute Gasteiger partial charge is 0.417 e. The van der Waals surface area contributed by atoms with Gasteiger partial charge in [-0.25, -0.2) is 9.78 Å². The first-order valence-electron chi connectivity index (χ1n) is 8.08. The molecule has 0 aliphatic carbocycles. The van der Waals surface area contributed by atoms with Crippen molar-refractivity contribution in [3.8, 4) is 0 Å². The summed E-state index contributed by atoms with van der Waals surface area (Å²) in [5.74, 6) is -1.07. The van der Waals surface area contributed by atoms with Gasteiger partial charge in [0.05, 0.1) is 23.4 Å². The van der Waals surface area contributed by atoms with E-state index >= 15 is 0 Å². The average molecular weight is 376 g/mol. The van der Waals surface area contributed by atoms with Crippen molar-refractivity contribution < 1.29 is 22.7 Å². The number of hydrogen-bond donors (Lipinski definition) is 0. The summed E-state index contributed by atoms with van der Waals surface area (Å²) < 4.78 is 45.2. The molecule has 0 aliphatic rings. The van der Waals surface area contributed by atoms with Crippen LogP contribution < -0.4 is 5.56 Å². The lowest BCUT2D eigenvalue weighted by atomic mass is 10.1. The van der Waals surface area contributed by atoms with E-state index in [2.05, 4.69) is 4.98 Å². The Morgan fingerprint density at radius 1 is 1.19 bits per heavy atom. The van der Waals surface area contributed by atoms with Gasteiger partial charge in [-0.15, -0.1) is 0 Å². The number of esters is 1. The molecule has 0 bridgehead atoms. The fourth-order valence-electron chi connectivity index (χ4n) is 2.62. The summed E-state index contributed by atoms with van der Waals surface area (Å²) in [7, 11) is 0. The highest BCUT2D eigenvalue weighted by molar-refractivity contribution is 5.91. The lowest BCUT2D eigenvalue weighted by molar-refractivity contribution is -0.138. The molecule has 0 aliphatic heterocycles. The molecule has 0 N–H and O–H groups in total. The van der Waals surface area contributed by atoms with Gasteiger partial charge in [-0.1, -0.05) is 12.1 Å². The van der Waals surface area contributed by atoms with Crippen molar-refractivity contribution in [1.29, 1.82) is 0 Å². The number of benzene rings is 1. The van der Waals surface area contributed by atoms with Crippen molar-refractivity contribution in [2.75, 3.05) is 6.61 Å². The predicted molar refractivity (Wildman–Crippen MR) is 91.6 cm³/mol. The predicted octanol–water partition coefficient (Wildman–Crippen LogP) is 3.42. The average Bonchev–Trinajstić information content (AvgIpc) is 2.60. The van der Waals surface area contributed by atoms with Crippen LogP contribution >= 0.6 is 0 Å². The number of carbonyl (C=O) groups excluding carboxylic acids is 1. The minimum Gasteiger partial charge on any atom is -0.462 e. The van der Waals surface area contributed by atoms with Gasteiger partial charge in [0.15, 0.2) is 0 Å². The summed E-state index contributed by atoms with van der Waals surface area (Å²) in [5.41, 5.74) is -0.119. The van der Waals surface area contributed by atoms with Crippen molar-refractivity contribution in [2.24, 2.45) is 0 Å². The Kier molecular flexibility index (Phi) is 4.98. The number of halogens is 3. The Bertz CT molecular complexity index is 1060. The molecule has 5 nitrogen and oxygen atoms in total. The van der Waals surface area contributed by atoms with E-state index in [4.69, 9.17) is 4.74 Å². The Morgan fingerprint density at radius 3 is 2.67 bits per heavy atom. The van der Waals surface area contributed by atoms with Crippen molar-refractivity contribution in [2.45, 2.75) is 19.5 Å². The van der Waals surface area contributed by atoms with E-state index in [-0.39, 0.29) is 18.6 Å². The van der Waals surface area contributed by atoms with Crippen LogP contribution in [0.5, 0.6) is 0 Å². The van der Waals surface area contributed by atoms with Crippen LogP contribution in [-0.2, 0) is 17.3 Å². The minimum absolute atomic E-state index is 0.111.